The number of nitrogens with zero attached hydrogens (tertiary/aromatic N) is 3. The van der Waals surface area contributed by atoms with Crippen LogP contribution >= 0.6 is 0 Å². The van der Waals surface area contributed by atoms with E-state index in [4.69, 9.17) is 9.97 Å². The van der Waals surface area contributed by atoms with Gasteiger partial charge in [-0.25, -0.2) is 9.97 Å². The maximum atomic E-state index is 4.82. The van der Waals surface area contributed by atoms with Gasteiger partial charge in [0, 0.05) is 17.3 Å². The second-order valence-electron chi connectivity index (χ2n) is 6.70. The SMILES string of the molecule is CC(C)c1nc2nc(C(C)(C)C)ccc2n2cccc12. The molecule has 0 fully saturated rings. The van der Waals surface area contributed by atoms with E-state index < -0.39 is 0 Å². The van der Waals surface area contributed by atoms with Gasteiger partial charge in [-0.05, 0) is 30.2 Å². The number of fused-ring (bicyclic) bond motifs is 3. The van der Waals surface area contributed by atoms with Gasteiger partial charge in [-0.3, -0.25) is 0 Å². The van der Waals surface area contributed by atoms with Crippen LogP contribution in [0.5, 0.6) is 0 Å². The molecule has 3 nitrogen and oxygen atoms in total. The second-order valence-corrected chi connectivity index (χ2v) is 6.70. The molecule has 0 saturated heterocycles. The highest BCUT2D eigenvalue weighted by molar-refractivity contribution is 5.77. The van der Waals surface area contributed by atoms with Crippen LogP contribution in [0, 0.1) is 0 Å². The van der Waals surface area contributed by atoms with Gasteiger partial charge in [0.25, 0.3) is 0 Å². The lowest BCUT2D eigenvalue weighted by Gasteiger charge is -2.18. The normalized spacial score (nSPS) is 12.7. The smallest absolute Gasteiger partial charge is 0.177 e. The van der Waals surface area contributed by atoms with Crippen LogP contribution in [0.15, 0.2) is 30.5 Å². The summed E-state index contributed by atoms with van der Waals surface area (Å²) in [6.45, 7) is 10.9. The maximum absolute atomic E-state index is 4.82. The quantitative estimate of drug-likeness (QED) is 0.658. The zero-order valence-electron chi connectivity index (χ0n) is 12.8. The molecule has 0 bridgehead atoms. The predicted octanol–water partition coefficient (Wildman–Crippen LogP) is 4.30. The summed E-state index contributed by atoms with van der Waals surface area (Å²) in [6.07, 6.45) is 2.09. The van der Waals surface area contributed by atoms with Crippen molar-refractivity contribution in [1.82, 2.24) is 14.4 Å². The Bertz CT molecular complexity index is 776. The van der Waals surface area contributed by atoms with Crippen molar-refractivity contribution < 1.29 is 0 Å². The first-order valence-electron chi connectivity index (χ1n) is 7.16. The summed E-state index contributed by atoms with van der Waals surface area (Å²) in [7, 11) is 0. The molecule has 0 amide bonds. The first kappa shape index (κ1) is 13.1. The molecule has 0 N–H and O–H groups in total. The fourth-order valence-corrected chi connectivity index (χ4v) is 2.52. The Morgan fingerprint density at radius 3 is 2.40 bits per heavy atom. The summed E-state index contributed by atoms with van der Waals surface area (Å²) in [5.41, 5.74) is 5.32. The molecular formula is C17H21N3. The topological polar surface area (TPSA) is 30.2 Å². The van der Waals surface area contributed by atoms with Crippen molar-refractivity contribution in [3.8, 4) is 0 Å². The Morgan fingerprint density at radius 2 is 1.75 bits per heavy atom. The Balaban J connectivity index is 2.38. The Labute approximate surface area is 119 Å². The second kappa shape index (κ2) is 4.30. The van der Waals surface area contributed by atoms with Gasteiger partial charge in [-0.1, -0.05) is 34.6 Å². The lowest BCUT2D eigenvalue weighted by Crippen LogP contribution is -2.14. The van der Waals surface area contributed by atoms with Crippen LogP contribution in [-0.2, 0) is 5.41 Å². The minimum atomic E-state index is 0.0412. The van der Waals surface area contributed by atoms with E-state index in [1.54, 1.807) is 0 Å². The van der Waals surface area contributed by atoms with Gasteiger partial charge >= 0.3 is 0 Å². The Hall–Kier alpha value is -1.90. The van der Waals surface area contributed by atoms with Crippen molar-refractivity contribution in [3.05, 3.63) is 41.9 Å². The summed E-state index contributed by atoms with van der Waals surface area (Å²) in [5.74, 6) is 0.386. The standard InChI is InChI=1S/C17H21N3/c1-11(2)15-12-7-6-10-20(12)13-8-9-14(17(3,4)5)18-16(13)19-15/h6-11H,1-5H3. The van der Waals surface area contributed by atoms with E-state index in [1.807, 2.05) is 0 Å². The summed E-state index contributed by atoms with van der Waals surface area (Å²) in [5, 5.41) is 0. The van der Waals surface area contributed by atoms with Crippen molar-refractivity contribution in [2.24, 2.45) is 0 Å². The van der Waals surface area contributed by atoms with E-state index in [9.17, 15) is 0 Å². The molecule has 0 aliphatic heterocycles. The van der Waals surface area contributed by atoms with Crippen molar-refractivity contribution in [2.45, 2.75) is 46.0 Å². The first-order valence-corrected chi connectivity index (χ1v) is 7.16. The van der Waals surface area contributed by atoms with Crippen molar-refractivity contribution in [3.63, 3.8) is 0 Å². The van der Waals surface area contributed by atoms with E-state index in [0.717, 1.165) is 22.6 Å². The zero-order chi connectivity index (χ0) is 14.5. The van der Waals surface area contributed by atoms with Crippen LogP contribution in [0.1, 0.15) is 51.9 Å². The number of hydrogen-bond donors (Lipinski definition) is 0. The number of aromatic nitrogens is 3. The molecule has 3 heterocycles. The summed E-state index contributed by atoms with van der Waals surface area (Å²) >= 11 is 0. The lowest BCUT2D eigenvalue weighted by atomic mass is 9.92. The molecule has 104 valence electrons. The van der Waals surface area contributed by atoms with Crippen molar-refractivity contribution in [2.75, 3.05) is 0 Å². The van der Waals surface area contributed by atoms with Crippen LogP contribution in [0.25, 0.3) is 16.7 Å². The van der Waals surface area contributed by atoms with Crippen LogP contribution in [-0.4, -0.2) is 14.4 Å². The molecule has 20 heavy (non-hydrogen) atoms. The molecule has 3 aromatic heterocycles. The fourth-order valence-electron chi connectivity index (χ4n) is 2.52. The average Bonchev–Trinajstić information content (AvgIpc) is 2.84. The number of hydrogen-bond acceptors (Lipinski definition) is 2. The van der Waals surface area contributed by atoms with Crippen LogP contribution in [0.4, 0.5) is 0 Å². The highest BCUT2D eigenvalue weighted by Gasteiger charge is 2.18. The summed E-state index contributed by atoms with van der Waals surface area (Å²) < 4.78 is 2.19. The molecule has 3 aromatic rings. The van der Waals surface area contributed by atoms with Crippen molar-refractivity contribution >= 4 is 16.7 Å². The molecule has 0 atom stereocenters. The highest BCUT2D eigenvalue weighted by atomic mass is 15.0. The molecule has 0 radical (unpaired) electrons. The third kappa shape index (κ3) is 1.98. The molecule has 0 aromatic carbocycles. The fraction of sp³-hybridized carbons (Fsp3) is 0.412. The van der Waals surface area contributed by atoms with Crippen molar-refractivity contribution in [1.29, 1.82) is 0 Å². The van der Waals surface area contributed by atoms with E-state index >= 15 is 0 Å². The molecule has 0 unspecified atom stereocenters. The third-order valence-corrected chi connectivity index (χ3v) is 3.67. The molecule has 0 spiro atoms. The van der Waals surface area contributed by atoms with E-state index in [2.05, 4.69) is 69.5 Å². The van der Waals surface area contributed by atoms with Gasteiger partial charge in [0.05, 0.1) is 16.7 Å². The molecule has 3 heteroatoms. The Morgan fingerprint density at radius 1 is 1.00 bits per heavy atom. The van der Waals surface area contributed by atoms with Gasteiger partial charge in [0.1, 0.15) is 0 Å². The lowest BCUT2D eigenvalue weighted by molar-refractivity contribution is 0.570. The molecule has 3 rings (SSSR count). The molecular weight excluding hydrogens is 246 g/mol. The monoisotopic (exact) mass is 267 g/mol. The van der Waals surface area contributed by atoms with Crippen LogP contribution in [0.3, 0.4) is 0 Å². The van der Waals surface area contributed by atoms with E-state index in [0.29, 0.717) is 5.92 Å². The third-order valence-electron chi connectivity index (χ3n) is 3.67. The van der Waals surface area contributed by atoms with Gasteiger partial charge in [0.15, 0.2) is 5.65 Å². The van der Waals surface area contributed by atoms with Crippen LogP contribution in [0.2, 0.25) is 0 Å². The highest BCUT2D eigenvalue weighted by Crippen LogP contribution is 2.26. The van der Waals surface area contributed by atoms with Gasteiger partial charge in [-0.15, -0.1) is 0 Å². The summed E-state index contributed by atoms with van der Waals surface area (Å²) in [6, 6.07) is 8.44. The number of rotatable bonds is 1. The Kier molecular flexibility index (Phi) is 2.82. The molecule has 0 aliphatic rings. The minimum absolute atomic E-state index is 0.0412. The van der Waals surface area contributed by atoms with Gasteiger partial charge in [0.2, 0.25) is 0 Å². The minimum Gasteiger partial charge on any atom is -0.312 e. The summed E-state index contributed by atoms with van der Waals surface area (Å²) in [4.78, 5) is 9.60. The van der Waals surface area contributed by atoms with Gasteiger partial charge < -0.3 is 4.40 Å². The van der Waals surface area contributed by atoms with Crippen LogP contribution < -0.4 is 0 Å². The average molecular weight is 267 g/mol. The van der Waals surface area contributed by atoms with E-state index in [1.165, 1.54) is 5.52 Å². The first-order chi connectivity index (χ1) is 9.38. The zero-order valence-corrected chi connectivity index (χ0v) is 12.8. The maximum Gasteiger partial charge on any atom is 0.177 e. The predicted molar refractivity (Wildman–Crippen MR) is 83.3 cm³/mol. The molecule has 0 saturated carbocycles. The van der Waals surface area contributed by atoms with E-state index in [-0.39, 0.29) is 5.41 Å². The number of pyridine rings is 1. The largest absolute Gasteiger partial charge is 0.312 e. The molecule has 0 aliphatic carbocycles. The van der Waals surface area contributed by atoms with Gasteiger partial charge in [-0.2, -0.15) is 0 Å².